The number of nitrogens with zero attached hydrogens (tertiary/aromatic N) is 1. The van der Waals surface area contributed by atoms with Crippen molar-refractivity contribution in [2.75, 3.05) is 25.0 Å². The molecule has 1 aromatic rings. The zero-order valence-electron chi connectivity index (χ0n) is 13.4. The molecule has 1 N–H and O–H groups in total. The van der Waals surface area contributed by atoms with Crippen LogP contribution < -0.4 is 10.1 Å². The molecule has 0 aliphatic carbocycles. The molecule has 1 atom stereocenters. The second-order valence-electron chi connectivity index (χ2n) is 6.02. The Kier molecular flexibility index (Phi) is 6.19. The smallest absolute Gasteiger partial charge is 0.138 e. The molecule has 118 valence electrons. The minimum Gasteiger partial charge on any atom is -0.489 e. The third-order valence-corrected chi connectivity index (χ3v) is 4.23. The van der Waals surface area contributed by atoms with Gasteiger partial charge in [0.2, 0.25) is 0 Å². The quantitative estimate of drug-likeness (QED) is 0.871. The van der Waals surface area contributed by atoms with Crippen molar-refractivity contribution in [3.8, 4) is 5.75 Å². The van der Waals surface area contributed by atoms with E-state index in [4.69, 9.17) is 16.3 Å². The van der Waals surface area contributed by atoms with Crippen LogP contribution in [0.3, 0.4) is 0 Å². The van der Waals surface area contributed by atoms with E-state index in [1.165, 1.54) is 32.4 Å². The number of anilines is 1. The molecule has 4 heteroatoms. The maximum absolute atomic E-state index is 6.30. The summed E-state index contributed by atoms with van der Waals surface area (Å²) in [5.74, 6) is 0.759. The predicted molar refractivity (Wildman–Crippen MR) is 90.6 cm³/mol. The van der Waals surface area contributed by atoms with E-state index in [-0.39, 0.29) is 6.10 Å². The molecule has 0 aromatic heterocycles. The molecule has 3 nitrogen and oxygen atoms in total. The molecule has 0 saturated carbocycles. The number of ether oxygens (including phenoxy) is 1. The molecule has 21 heavy (non-hydrogen) atoms. The van der Waals surface area contributed by atoms with E-state index in [2.05, 4.69) is 23.2 Å². The summed E-state index contributed by atoms with van der Waals surface area (Å²) in [6.45, 7) is 9.80. The fourth-order valence-corrected chi connectivity index (χ4v) is 3.02. The summed E-state index contributed by atoms with van der Waals surface area (Å²) in [5.41, 5.74) is 1.09. The highest BCUT2D eigenvalue weighted by molar-refractivity contribution is 6.32. The van der Waals surface area contributed by atoms with Gasteiger partial charge >= 0.3 is 0 Å². The van der Waals surface area contributed by atoms with Crippen molar-refractivity contribution in [3.05, 3.63) is 23.2 Å². The van der Waals surface area contributed by atoms with Gasteiger partial charge in [0, 0.05) is 18.3 Å². The van der Waals surface area contributed by atoms with Gasteiger partial charge < -0.3 is 15.0 Å². The third-order valence-electron chi connectivity index (χ3n) is 3.93. The highest BCUT2D eigenvalue weighted by atomic mass is 35.5. The van der Waals surface area contributed by atoms with E-state index in [9.17, 15) is 0 Å². The van der Waals surface area contributed by atoms with E-state index in [1.54, 1.807) is 0 Å². The Balaban J connectivity index is 1.95. The Bertz CT molecular complexity index is 450. The lowest BCUT2D eigenvalue weighted by atomic mass is 10.1. The van der Waals surface area contributed by atoms with Crippen LogP contribution in [-0.2, 0) is 0 Å². The molecule has 0 spiro atoms. The average Bonchev–Trinajstić information content (AvgIpc) is 2.67. The molecule has 1 aliphatic heterocycles. The van der Waals surface area contributed by atoms with Crippen molar-refractivity contribution < 1.29 is 4.74 Å². The highest BCUT2D eigenvalue weighted by Crippen LogP contribution is 2.29. The number of benzene rings is 1. The SMILES string of the molecule is CCN1CCCC(Nc2ccc(OC(C)C)c(Cl)c2)CC1. The van der Waals surface area contributed by atoms with E-state index in [1.807, 2.05) is 26.0 Å². The van der Waals surface area contributed by atoms with Crippen LogP contribution >= 0.6 is 11.6 Å². The molecular formula is C17H27ClN2O. The van der Waals surface area contributed by atoms with E-state index >= 15 is 0 Å². The largest absolute Gasteiger partial charge is 0.489 e. The molecule has 0 radical (unpaired) electrons. The molecule has 1 aliphatic rings. The molecule has 2 rings (SSSR count). The fourth-order valence-electron chi connectivity index (χ4n) is 2.79. The first kappa shape index (κ1) is 16.4. The fraction of sp³-hybridized carbons (Fsp3) is 0.647. The summed E-state index contributed by atoms with van der Waals surface area (Å²) in [6.07, 6.45) is 3.81. The molecule has 1 heterocycles. The summed E-state index contributed by atoms with van der Waals surface area (Å²) in [6, 6.07) is 6.53. The summed E-state index contributed by atoms with van der Waals surface area (Å²) in [5, 5.41) is 4.30. The van der Waals surface area contributed by atoms with Gasteiger partial charge in [-0.15, -0.1) is 0 Å². The van der Waals surface area contributed by atoms with Crippen LogP contribution in [0.25, 0.3) is 0 Å². The van der Waals surface area contributed by atoms with Crippen LogP contribution in [0, 0.1) is 0 Å². The average molecular weight is 311 g/mol. The highest BCUT2D eigenvalue weighted by Gasteiger charge is 2.16. The Hall–Kier alpha value is -0.930. The Morgan fingerprint density at radius 2 is 2.14 bits per heavy atom. The van der Waals surface area contributed by atoms with Crippen LogP contribution in [0.15, 0.2) is 18.2 Å². The van der Waals surface area contributed by atoms with Gasteiger partial charge in [0.05, 0.1) is 11.1 Å². The molecule has 1 aromatic carbocycles. The zero-order chi connectivity index (χ0) is 15.2. The van der Waals surface area contributed by atoms with Gasteiger partial charge in [-0.25, -0.2) is 0 Å². The van der Waals surface area contributed by atoms with Crippen molar-refractivity contribution in [2.45, 2.75) is 52.2 Å². The van der Waals surface area contributed by atoms with Gasteiger partial charge in [-0.3, -0.25) is 0 Å². The lowest BCUT2D eigenvalue weighted by Crippen LogP contribution is -2.26. The summed E-state index contributed by atoms with van der Waals surface area (Å²) < 4.78 is 5.67. The van der Waals surface area contributed by atoms with E-state index in [0.29, 0.717) is 11.1 Å². The maximum Gasteiger partial charge on any atom is 0.138 e. The first-order chi connectivity index (χ1) is 10.1. The van der Waals surface area contributed by atoms with Gasteiger partial charge in [-0.2, -0.15) is 0 Å². The summed E-state index contributed by atoms with van der Waals surface area (Å²) in [4.78, 5) is 2.52. The predicted octanol–water partition coefficient (Wildman–Crippen LogP) is 4.41. The van der Waals surface area contributed by atoms with Crippen molar-refractivity contribution in [1.82, 2.24) is 4.90 Å². The molecule has 0 amide bonds. The minimum atomic E-state index is 0.142. The van der Waals surface area contributed by atoms with Gasteiger partial charge in [-0.1, -0.05) is 18.5 Å². The minimum absolute atomic E-state index is 0.142. The molecule has 0 bridgehead atoms. The number of likely N-dealkylation sites (tertiary alicyclic amines) is 1. The normalized spacial score (nSPS) is 20.3. The second-order valence-corrected chi connectivity index (χ2v) is 6.43. The number of hydrogen-bond donors (Lipinski definition) is 1. The van der Waals surface area contributed by atoms with Gasteiger partial charge in [0.15, 0.2) is 0 Å². The van der Waals surface area contributed by atoms with Crippen molar-refractivity contribution in [1.29, 1.82) is 0 Å². The Labute approximate surface area is 133 Å². The summed E-state index contributed by atoms with van der Waals surface area (Å²) in [7, 11) is 0. The van der Waals surface area contributed by atoms with E-state index < -0.39 is 0 Å². The Morgan fingerprint density at radius 1 is 1.33 bits per heavy atom. The summed E-state index contributed by atoms with van der Waals surface area (Å²) >= 11 is 6.30. The first-order valence-corrected chi connectivity index (χ1v) is 8.41. The number of nitrogens with one attached hydrogen (secondary N) is 1. The second kappa shape index (κ2) is 7.90. The molecular weight excluding hydrogens is 284 g/mol. The van der Waals surface area contributed by atoms with Crippen LogP contribution in [0.4, 0.5) is 5.69 Å². The van der Waals surface area contributed by atoms with Crippen LogP contribution in [0.5, 0.6) is 5.75 Å². The molecule has 1 fully saturated rings. The zero-order valence-corrected chi connectivity index (χ0v) is 14.1. The van der Waals surface area contributed by atoms with Crippen molar-refractivity contribution in [2.24, 2.45) is 0 Å². The number of halogens is 1. The lowest BCUT2D eigenvalue weighted by Gasteiger charge is -2.20. The standard InChI is InChI=1S/C17H27ClN2O/c1-4-20-10-5-6-14(9-11-20)19-15-7-8-17(16(18)12-15)21-13(2)3/h7-8,12-14,19H,4-6,9-11H2,1-3H3. The molecule has 1 saturated heterocycles. The van der Waals surface area contributed by atoms with Crippen LogP contribution in [0.1, 0.15) is 40.0 Å². The van der Waals surface area contributed by atoms with Crippen molar-refractivity contribution in [3.63, 3.8) is 0 Å². The van der Waals surface area contributed by atoms with E-state index in [0.717, 1.165) is 18.0 Å². The van der Waals surface area contributed by atoms with Gasteiger partial charge in [-0.05, 0) is 64.4 Å². The van der Waals surface area contributed by atoms with Crippen LogP contribution in [-0.4, -0.2) is 36.7 Å². The Morgan fingerprint density at radius 3 is 2.81 bits per heavy atom. The van der Waals surface area contributed by atoms with Crippen molar-refractivity contribution >= 4 is 17.3 Å². The first-order valence-electron chi connectivity index (χ1n) is 8.03. The monoisotopic (exact) mass is 310 g/mol. The number of hydrogen-bond acceptors (Lipinski definition) is 3. The molecule has 1 unspecified atom stereocenters. The third kappa shape index (κ3) is 5.08. The van der Waals surface area contributed by atoms with Gasteiger partial charge in [0.25, 0.3) is 0 Å². The topological polar surface area (TPSA) is 24.5 Å². The maximum atomic E-state index is 6.30. The lowest BCUT2D eigenvalue weighted by molar-refractivity contribution is 0.242. The van der Waals surface area contributed by atoms with Gasteiger partial charge in [0.1, 0.15) is 5.75 Å². The van der Waals surface area contributed by atoms with Crippen LogP contribution in [0.2, 0.25) is 5.02 Å². The number of rotatable bonds is 5.